The van der Waals surface area contributed by atoms with Crippen molar-refractivity contribution >= 4 is 28.8 Å². The molecule has 1 N–H and O–H groups in total. The number of thiazole rings is 1. The van der Waals surface area contributed by atoms with E-state index in [1.54, 1.807) is 26.2 Å². The molecule has 6 nitrogen and oxygen atoms in total. The van der Waals surface area contributed by atoms with Crippen molar-refractivity contribution in [3.05, 3.63) is 69.3 Å². The number of amides is 1. The van der Waals surface area contributed by atoms with Crippen LogP contribution in [0.2, 0.25) is 5.02 Å². The van der Waals surface area contributed by atoms with Gasteiger partial charge in [0, 0.05) is 31.0 Å². The number of likely N-dealkylation sites (N-methyl/N-ethyl adjacent to an activating group) is 1. The summed E-state index contributed by atoms with van der Waals surface area (Å²) in [6.07, 6.45) is -4.01. The fourth-order valence-corrected chi connectivity index (χ4v) is 4.26. The van der Waals surface area contributed by atoms with Gasteiger partial charge in [-0.15, -0.1) is 24.5 Å². The first kappa shape index (κ1) is 26.8. The quantitative estimate of drug-likeness (QED) is 0.381. The molecule has 0 aliphatic rings. The summed E-state index contributed by atoms with van der Waals surface area (Å²) in [5.74, 6) is -0.279. The number of hydrogen-bond donors (Lipinski definition) is 1. The first-order valence-corrected chi connectivity index (χ1v) is 12.1. The van der Waals surface area contributed by atoms with Crippen LogP contribution in [0.3, 0.4) is 0 Å². The molecule has 0 aliphatic carbocycles. The van der Waals surface area contributed by atoms with Crippen LogP contribution >= 0.6 is 22.9 Å². The minimum atomic E-state index is -4.74. The highest BCUT2D eigenvalue weighted by Crippen LogP contribution is 2.27. The van der Waals surface area contributed by atoms with Crippen LogP contribution in [0.1, 0.15) is 12.0 Å². The lowest BCUT2D eigenvalue weighted by Gasteiger charge is -2.13. The minimum absolute atomic E-state index is 0.00584. The fourth-order valence-electron chi connectivity index (χ4n) is 3.19. The zero-order valence-electron chi connectivity index (χ0n) is 19.3. The monoisotopic (exact) mass is 526 g/mol. The van der Waals surface area contributed by atoms with Crippen LogP contribution in [0, 0.1) is 0 Å². The molecule has 0 radical (unpaired) electrons. The molecular weight excluding hydrogens is 501 g/mol. The lowest BCUT2D eigenvalue weighted by atomic mass is 10.1. The Labute approximate surface area is 210 Å². The molecule has 3 aromatic rings. The topological polar surface area (TPSA) is 58.9 Å². The highest BCUT2D eigenvalue weighted by atomic mass is 35.5. The van der Waals surface area contributed by atoms with Crippen molar-refractivity contribution in [3.63, 3.8) is 0 Å². The smallest absolute Gasteiger partial charge is 0.406 e. The fraction of sp³-hybridized carbons (Fsp3) is 0.333. The van der Waals surface area contributed by atoms with Gasteiger partial charge in [0.15, 0.2) is 4.80 Å². The maximum atomic E-state index is 12.5. The van der Waals surface area contributed by atoms with Crippen molar-refractivity contribution in [2.75, 3.05) is 27.2 Å². The summed E-state index contributed by atoms with van der Waals surface area (Å²) < 4.78 is 43.5. The summed E-state index contributed by atoms with van der Waals surface area (Å²) >= 11 is 7.42. The third kappa shape index (κ3) is 8.41. The van der Waals surface area contributed by atoms with Gasteiger partial charge in [-0.1, -0.05) is 23.7 Å². The summed E-state index contributed by atoms with van der Waals surface area (Å²) in [6.45, 7) is 1.95. The molecule has 3 rings (SSSR count). The van der Waals surface area contributed by atoms with E-state index in [0.717, 1.165) is 28.0 Å². The molecule has 0 spiro atoms. The normalized spacial score (nSPS) is 12.1. The second kappa shape index (κ2) is 12.2. The molecule has 0 saturated heterocycles. The number of nitrogens with one attached hydrogen (secondary N) is 1. The van der Waals surface area contributed by atoms with Gasteiger partial charge in [-0.2, -0.15) is 0 Å². The Balaban J connectivity index is 1.79. The lowest BCUT2D eigenvalue weighted by Crippen LogP contribution is -2.33. The van der Waals surface area contributed by atoms with E-state index in [-0.39, 0.29) is 18.2 Å². The molecule has 2 aromatic carbocycles. The Hall–Kier alpha value is -2.82. The number of hydrogen-bond acceptors (Lipinski definition) is 5. The van der Waals surface area contributed by atoms with Crippen molar-refractivity contribution < 1.29 is 22.7 Å². The molecule has 188 valence electrons. The van der Waals surface area contributed by atoms with E-state index in [1.807, 2.05) is 34.2 Å². The van der Waals surface area contributed by atoms with Gasteiger partial charge in [0.2, 0.25) is 5.91 Å². The van der Waals surface area contributed by atoms with Gasteiger partial charge in [-0.05, 0) is 60.5 Å². The standard InChI is InChI=1S/C24H26ClF3N4O2S/c1-31(2)22(33)15-29-12-3-13-32-21(18-6-10-20(11-7-18)34-24(26,27)28)16-35-23(32)30-14-17-4-8-19(25)9-5-17/h4-11,16,29H,3,12-15H2,1-2H3. The highest BCUT2D eigenvalue weighted by molar-refractivity contribution is 7.07. The number of rotatable bonds is 10. The third-order valence-corrected chi connectivity index (χ3v) is 6.16. The summed E-state index contributed by atoms with van der Waals surface area (Å²) in [5.41, 5.74) is 2.60. The highest BCUT2D eigenvalue weighted by Gasteiger charge is 2.31. The van der Waals surface area contributed by atoms with Crippen LogP contribution in [0.5, 0.6) is 5.75 Å². The molecule has 1 aromatic heterocycles. The molecule has 35 heavy (non-hydrogen) atoms. The van der Waals surface area contributed by atoms with E-state index in [2.05, 4.69) is 10.1 Å². The van der Waals surface area contributed by atoms with Gasteiger partial charge in [0.05, 0.1) is 18.8 Å². The number of aromatic nitrogens is 1. The molecule has 0 atom stereocenters. The maximum absolute atomic E-state index is 12.5. The van der Waals surface area contributed by atoms with Crippen molar-refractivity contribution in [1.29, 1.82) is 0 Å². The van der Waals surface area contributed by atoms with E-state index in [9.17, 15) is 18.0 Å². The molecular formula is C24H26ClF3N4O2S. The lowest BCUT2D eigenvalue weighted by molar-refractivity contribution is -0.274. The number of ether oxygens (including phenoxy) is 1. The van der Waals surface area contributed by atoms with Crippen molar-refractivity contribution in [2.45, 2.75) is 25.9 Å². The van der Waals surface area contributed by atoms with Gasteiger partial charge in [0.1, 0.15) is 5.75 Å². The summed E-state index contributed by atoms with van der Waals surface area (Å²) in [6, 6.07) is 13.2. The number of benzene rings is 2. The van der Waals surface area contributed by atoms with Crippen molar-refractivity contribution in [1.82, 2.24) is 14.8 Å². The summed E-state index contributed by atoms with van der Waals surface area (Å²) in [7, 11) is 3.41. The Morgan fingerprint density at radius 2 is 1.83 bits per heavy atom. The zero-order chi connectivity index (χ0) is 25.4. The first-order valence-electron chi connectivity index (χ1n) is 10.8. The van der Waals surface area contributed by atoms with Crippen molar-refractivity contribution in [3.8, 4) is 17.0 Å². The maximum Gasteiger partial charge on any atom is 0.573 e. The van der Waals surface area contributed by atoms with Gasteiger partial charge in [-0.25, -0.2) is 0 Å². The van der Waals surface area contributed by atoms with E-state index >= 15 is 0 Å². The van der Waals surface area contributed by atoms with Crippen LogP contribution in [0.15, 0.2) is 58.9 Å². The van der Waals surface area contributed by atoms with E-state index in [0.29, 0.717) is 24.7 Å². The third-order valence-electron chi connectivity index (χ3n) is 5.00. The Kier molecular flexibility index (Phi) is 9.36. The second-order valence-corrected chi connectivity index (χ2v) is 9.16. The molecule has 0 fully saturated rings. The largest absolute Gasteiger partial charge is 0.573 e. The molecule has 0 aliphatic heterocycles. The first-order chi connectivity index (χ1) is 16.6. The van der Waals surface area contributed by atoms with Gasteiger partial charge >= 0.3 is 6.36 Å². The molecule has 11 heteroatoms. The van der Waals surface area contributed by atoms with Gasteiger partial charge < -0.3 is 19.5 Å². The second-order valence-electron chi connectivity index (χ2n) is 7.89. The predicted molar refractivity (Wildman–Crippen MR) is 131 cm³/mol. The average molecular weight is 527 g/mol. The zero-order valence-corrected chi connectivity index (χ0v) is 20.9. The number of halogens is 4. The van der Waals surface area contributed by atoms with Gasteiger partial charge in [0.25, 0.3) is 0 Å². The van der Waals surface area contributed by atoms with E-state index in [1.165, 1.54) is 28.4 Å². The average Bonchev–Trinajstić information content (AvgIpc) is 3.20. The molecule has 0 bridgehead atoms. The van der Waals surface area contributed by atoms with E-state index < -0.39 is 6.36 Å². The van der Waals surface area contributed by atoms with Crippen LogP contribution < -0.4 is 14.9 Å². The van der Waals surface area contributed by atoms with Crippen LogP contribution in [-0.2, 0) is 17.9 Å². The predicted octanol–water partition coefficient (Wildman–Crippen LogP) is 4.94. The van der Waals surface area contributed by atoms with Crippen LogP contribution in [0.25, 0.3) is 11.3 Å². The summed E-state index contributed by atoms with van der Waals surface area (Å²) in [5, 5.41) is 5.72. The minimum Gasteiger partial charge on any atom is -0.406 e. The Morgan fingerprint density at radius 3 is 2.46 bits per heavy atom. The van der Waals surface area contributed by atoms with Crippen LogP contribution in [-0.4, -0.2) is 48.9 Å². The Morgan fingerprint density at radius 1 is 1.14 bits per heavy atom. The number of carbonyl (C=O) groups is 1. The molecule has 0 saturated carbocycles. The molecule has 0 unspecified atom stereocenters. The number of nitrogens with zero attached hydrogens (tertiary/aromatic N) is 3. The van der Waals surface area contributed by atoms with Crippen LogP contribution in [0.4, 0.5) is 13.2 Å². The van der Waals surface area contributed by atoms with Gasteiger partial charge in [-0.3, -0.25) is 9.79 Å². The SMILES string of the molecule is CN(C)C(=O)CNCCCn1c(-c2ccc(OC(F)(F)F)cc2)csc1=NCc1ccc(Cl)cc1. The molecule has 1 heterocycles. The van der Waals surface area contributed by atoms with Crippen molar-refractivity contribution in [2.24, 2.45) is 4.99 Å². The summed E-state index contributed by atoms with van der Waals surface area (Å²) in [4.78, 5) is 18.8. The molecule has 1 amide bonds. The number of alkyl halides is 3. The Bertz CT molecular complexity index is 1170. The van der Waals surface area contributed by atoms with E-state index in [4.69, 9.17) is 16.6 Å². The number of carbonyl (C=O) groups excluding carboxylic acids is 1.